The number of nitrogens with zero attached hydrogens (tertiary/aromatic N) is 2. The lowest BCUT2D eigenvalue weighted by atomic mass is 9.81. The Bertz CT molecular complexity index is 576. The summed E-state index contributed by atoms with van der Waals surface area (Å²) < 4.78 is 6.08. The van der Waals surface area contributed by atoms with Crippen LogP contribution in [0.15, 0.2) is 6.07 Å². The molecule has 1 saturated heterocycles. The fourth-order valence-electron chi connectivity index (χ4n) is 2.50. The van der Waals surface area contributed by atoms with Crippen molar-refractivity contribution in [3.05, 3.63) is 21.9 Å². The Morgan fingerprint density at radius 3 is 2.36 bits per heavy atom. The first-order chi connectivity index (χ1) is 10.0. The van der Waals surface area contributed by atoms with Crippen LogP contribution in [0.5, 0.6) is 5.75 Å². The number of halogens is 2. The Balaban J connectivity index is 2.15. The molecule has 2 rings (SSSR count). The monoisotopic (exact) mass is 344 g/mol. The van der Waals surface area contributed by atoms with Crippen LogP contribution < -0.4 is 4.74 Å². The molecule has 0 saturated carbocycles. The molecule has 0 N–H and O–H groups in total. The van der Waals surface area contributed by atoms with Crippen molar-refractivity contribution in [1.82, 2.24) is 9.88 Å². The summed E-state index contributed by atoms with van der Waals surface area (Å²) in [5, 5.41) is 0.282. The van der Waals surface area contributed by atoms with E-state index >= 15 is 0 Å². The van der Waals surface area contributed by atoms with Gasteiger partial charge in [-0.15, -0.1) is 0 Å². The summed E-state index contributed by atoms with van der Waals surface area (Å²) in [4.78, 5) is 17.5. The molecule has 1 aromatic rings. The first-order valence-electron chi connectivity index (χ1n) is 7.30. The minimum Gasteiger partial charge on any atom is -0.486 e. The Labute approximate surface area is 141 Å². The van der Waals surface area contributed by atoms with Crippen LogP contribution in [0.2, 0.25) is 10.3 Å². The zero-order chi connectivity index (χ0) is 16.7. The number of hydrogen-bond acceptors (Lipinski definition) is 4. The van der Waals surface area contributed by atoms with Crippen LogP contribution in [0.3, 0.4) is 0 Å². The van der Waals surface area contributed by atoms with Gasteiger partial charge in [0.1, 0.15) is 21.7 Å². The van der Waals surface area contributed by atoms with Gasteiger partial charge >= 0.3 is 0 Å². The molecule has 0 spiro atoms. The summed E-state index contributed by atoms with van der Waals surface area (Å²) in [5.74, 6) is 0.760. The number of hydrogen-bond donors (Lipinski definition) is 0. The van der Waals surface area contributed by atoms with Gasteiger partial charge in [-0.3, -0.25) is 9.69 Å². The summed E-state index contributed by atoms with van der Waals surface area (Å²) >= 11 is 11.9. The van der Waals surface area contributed by atoms with E-state index in [4.69, 9.17) is 27.9 Å². The highest BCUT2D eigenvalue weighted by Crippen LogP contribution is 2.37. The molecule has 0 aromatic carbocycles. The summed E-state index contributed by atoms with van der Waals surface area (Å²) in [6.07, 6.45) is 0.652. The molecular formula is C16H22Cl2N2O2. The lowest BCUT2D eigenvalue weighted by Gasteiger charge is -2.52. The van der Waals surface area contributed by atoms with Gasteiger partial charge in [0.15, 0.2) is 6.29 Å². The SMILES string of the molecule is CC(C)(Oc1cc(Cl)nc(Cl)c1C=O)C1CN(C(C)(C)C)C1. The van der Waals surface area contributed by atoms with E-state index < -0.39 is 5.60 Å². The Morgan fingerprint density at radius 2 is 1.86 bits per heavy atom. The van der Waals surface area contributed by atoms with E-state index in [0.717, 1.165) is 13.1 Å². The maximum atomic E-state index is 11.2. The average Bonchev–Trinajstić information content (AvgIpc) is 2.22. The minimum atomic E-state index is -0.423. The molecule has 0 atom stereocenters. The number of aromatic nitrogens is 1. The van der Waals surface area contributed by atoms with E-state index in [1.165, 1.54) is 0 Å². The van der Waals surface area contributed by atoms with Gasteiger partial charge in [0.05, 0.1) is 5.56 Å². The third-order valence-corrected chi connectivity index (χ3v) is 4.73. The lowest BCUT2D eigenvalue weighted by Crippen LogP contribution is -2.62. The molecule has 1 aliphatic rings. The zero-order valence-electron chi connectivity index (χ0n) is 13.6. The quantitative estimate of drug-likeness (QED) is 0.609. The molecule has 0 amide bonds. The predicted molar refractivity (Wildman–Crippen MR) is 89.2 cm³/mol. The standard InChI is InChI=1S/C16H22Cl2N2O2/c1-15(2,3)20-7-10(8-20)16(4,5)22-12-6-13(17)19-14(18)11(12)9-21/h6,9-10H,7-8H2,1-5H3. The van der Waals surface area contributed by atoms with Crippen molar-refractivity contribution in [2.45, 2.75) is 45.8 Å². The molecule has 122 valence electrons. The number of aldehydes is 1. The third-order valence-electron chi connectivity index (χ3n) is 4.25. The van der Waals surface area contributed by atoms with Gasteiger partial charge in [-0.05, 0) is 34.6 Å². The summed E-state index contributed by atoms with van der Waals surface area (Å²) in [7, 11) is 0. The third kappa shape index (κ3) is 3.55. The van der Waals surface area contributed by atoms with Crippen LogP contribution in [-0.2, 0) is 0 Å². The smallest absolute Gasteiger partial charge is 0.156 e. The van der Waals surface area contributed by atoms with Crippen LogP contribution in [-0.4, -0.2) is 40.4 Å². The van der Waals surface area contributed by atoms with Crippen LogP contribution in [0, 0.1) is 5.92 Å². The second-order valence-corrected chi connectivity index (χ2v) is 7.99. The van der Waals surface area contributed by atoms with Crippen molar-refractivity contribution in [3.8, 4) is 5.75 Å². The lowest BCUT2D eigenvalue weighted by molar-refractivity contribution is -0.0786. The highest BCUT2D eigenvalue weighted by molar-refractivity contribution is 6.34. The fraction of sp³-hybridized carbons (Fsp3) is 0.625. The average molecular weight is 345 g/mol. The second kappa shape index (κ2) is 5.99. The highest BCUT2D eigenvalue weighted by Gasteiger charge is 2.44. The zero-order valence-corrected chi connectivity index (χ0v) is 15.1. The molecule has 0 bridgehead atoms. The molecule has 0 radical (unpaired) electrons. The van der Waals surface area contributed by atoms with Crippen LogP contribution in [0.25, 0.3) is 0 Å². The number of pyridine rings is 1. The van der Waals surface area contributed by atoms with Crippen LogP contribution in [0.1, 0.15) is 45.0 Å². The van der Waals surface area contributed by atoms with E-state index in [1.807, 2.05) is 13.8 Å². The minimum absolute atomic E-state index is 0.0678. The van der Waals surface area contributed by atoms with Gasteiger partial charge in [-0.2, -0.15) is 0 Å². The van der Waals surface area contributed by atoms with Crippen molar-refractivity contribution in [1.29, 1.82) is 0 Å². The summed E-state index contributed by atoms with van der Waals surface area (Å²) in [6.45, 7) is 12.6. The largest absolute Gasteiger partial charge is 0.486 e. The van der Waals surface area contributed by atoms with E-state index in [9.17, 15) is 4.79 Å². The van der Waals surface area contributed by atoms with Crippen molar-refractivity contribution in [2.75, 3.05) is 13.1 Å². The molecule has 0 aliphatic carbocycles. The number of carbonyl (C=O) groups is 1. The van der Waals surface area contributed by atoms with Crippen LogP contribution >= 0.6 is 23.2 Å². The van der Waals surface area contributed by atoms with Crippen molar-refractivity contribution in [2.24, 2.45) is 5.92 Å². The van der Waals surface area contributed by atoms with E-state index in [0.29, 0.717) is 18.0 Å². The first kappa shape index (κ1) is 17.5. The Kier molecular flexibility index (Phi) is 4.77. The van der Waals surface area contributed by atoms with Gasteiger partial charge in [0.25, 0.3) is 0 Å². The molecular weight excluding hydrogens is 323 g/mol. The highest BCUT2D eigenvalue weighted by atomic mass is 35.5. The number of carbonyl (C=O) groups excluding carboxylic acids is 1. The maximum Gasteiger partial charge on any atom is 0.156 e. The van der Waals surface area contributed by atoms with Crippen molar-refractivity contribution in [3.63, 3.8) is 0 Å². The molecule has 1 fully saturated rings. The van der Waals surface area contributed by atoms with Gasteiger partial charge < -0.3 is 4.74 Å². The van der Waals surface area contributed by atoms with Gasteiger partial charge in [0.2, 0.25) is 0 Å². The van der Waals surface area contributed by atoms with E-state index in [1.54, 1.807) is 6.07 Å². The summed E-state index contributed by atoms with van der Waals surface area (Å²) in [5.41, 5.74) is -0.0247. The first-order valence-corrected chi connectivity index (χ1v) is 8.05. The number of likely N-dealkylation sites (tertiary alicyclic amines) is 1. The predicted octanol–water partition coefficient (Wildman–Crippen LogP) is 4.09. The topological polar surface area (TPSA) is 42.4 Å². The molecule has 0 unspecified atom stereocenters. The molecule has 1 aromatic heterocycles. The maximum absolute atomic E-state index is 11.2. The Hall–Kier alpha value is -0.840. The molecule has 6 heteroatoms. The van der Waals surface area contributed by atoms with Gasteiger partial charge in [-0.25, -0.2) is 4.98 Å². The second-order valence-electron chi connectivity index (χ2n) is 7.24. The van der Waals surface area contributed by atoms with E-state index in [-0.39, 0.29) is 21.4 Å². The van der Waals surface area contributed by atoms with Crippen LogP contribution in [0.4, 0.5) is 0 Å². The van der Waals surface area contributed by atoms with Crippen molar-refractivity contribution < 1.29 is 9.53 Å². The van der Waals surface area contributed by atoms with Gasteiger partial charge in [-0.1, -0.05) is 23.2 Å². The van der Waals surface area contributed by atoms with E-state index in [2.05, 4.69) is 30.7 Å². The van der Waals surface area contributed by atoms with Crippen molar-refractivity contribution >= 4 is 29.5 Å². The number of rotatable bonds is 4. The Morgan fingerprint density at radius 1 is 1.27 bits per heavy atom. The molecule has 22 heavy (non-hydrogen) atoms. The van der Waals surface area contributed by atoms with Gasteiger partial charge in [0, 0.05) is 30.6 Å². The fourth-order valence-corrected chi connectivity index (χ4v) is 2.95. The molecule has 2 heterocycles. The molecule has 1 aliphatic heterocycles. The number of ether oxygens (including phenoxy) is 1. The summed E-state index contributed by atoms with van der Waals surface area (Å²) in [6, 6.07) is 1.54. The molecule has 4 nitrogen and oxygen atoms in total. The normalized spacial score (nSPS) is 17.2.